The van der Waals surface area contributed by atoms with Gasteiger partial charge >= 0.3 is 0 Å². The summed E-state index contributed by atoms with van der Waals surface area (Å²) in [7, 11) is -1.69. The minimum absolute atomic E-state index is 0.110. The predicted molar refractivity (Wildman–Crippen MR) is 63.8 cm³/mol. The minimum Gasteiger partial charge on any atom is -0.339 e. The third-order valence-corrected chi connectivity index (χ3v) is 4.80. The second kappa shape index (κ2) is 4.75. The Morgan fingerprint density at radius 2 is 2.18 bits per heavy atom. The predicted octanol–water partition coefficient (Wildman–Crippen LogP) is -0.0780. The average Bonchev–Trinajstić information content (AvgIpc) is 2.58. The first-order valence-electron chi connectivity index (χ1n) is 5.74. The van der Waals surface area contributed by atoms with E-state index in [1.54, 1.807) is 11.6 Å². The number of rotatable bonds is 2. The summed E-state index contributed by atoms with van der Waals surface area (Å²) >= 11 is 0. The number of aryl methyl sites for hydroxylation is 1. The molecule has 6 nitrogen and oxygen atoms in total. The molecule has 1 aliphatic rings. The van der Waals surface area contributed by atoms with Crippen LogP contribution in [0.2, 0.25) is 0 Å². The molecule has 2 rings (SSSR count). The van der Waals surface area contributed by atoms with Crippen LogP contribution in [0.4, 0.5) is 0 Å². The molecule has 0 amide bonds. The third kappa shape index (κ3) is 2.67. The molecule has 7 heteroatoms. The first-order chi connectivity index (χ1) is 8.00. The molecule has 0 aliphatic carbocycles. The van der Waals surface area contributed by atoms with Crippen molar-refractivity contribution < 1.29 is 8.42 Å². The van der Waals surface area contributed by atoms with Gasteiger partial charge in [-0.05, 0) is 19.3 Å². The van der Waals surface area contributed by atoms with Gasteiger partial charge in [-0.2, -0.15) is 4.31 Å². The summed E-state index contributed by atoms with van der Waals surface area (Å²) < 4.78 is 27.7. The third-order valence-electron chi connectivity index (χ3n) is 3.02. The quantitative estimate of drug-likeness (QED) is 0.804. The Labute approximate surface area is 101 Å². The maximum Gasteiger partial charge on any atom is 0.262 e. The van der Waals surface area contributed by atoms with Crippen molar-refractivity contribution in [3.05, 3.63) is 12.5 Å². The van der Waals surface area contributed by atoms with E-state index in [9.17, 15) is 8.42 Å². The Hall–Kier alpha value is -0.920. The van der Waals surface area contributed by atoms with Crippen LogP contribution in [0, 0.1) is 0 Å². The molecule has 17 heavy (non-hydrogen) atoms. The van der Waals surface area contributed by atoms with E-state index in [4.69, 9.17) is 5.73 Å². The zero-order valence-electron chi connectivity index (χ0n) is 9.91. The first-order valence-corrected chi connectivity index (χ1v) is 7.18. The SMILES string of the molecule is Cn1cnc(S(=O)(=O)N2CCCC(N)CC2)c1. The van der Waals surface area contributed by atoms with Gasteiger partial charge in [0.25, 0.3) is 10.0 Å². The number of nitrogens with zero attached hydrogens (tertiary/aromatic N) is 3. The van der Waals surface area contributed by atoms with Crippen LogP contribution < -0.4 is 5.73 Å². The largest absolute Gasteiger partial charge is 0.339 e. The highest BCUT2D eigenvalue weighted by Crippen LogP contribution is 2.18. The number of hydrogen-bond acceptors (Lipinski definition) is 4. The fraction of sp³-hybridized carbons (Fsp3) is 0.700. The van der Waals surface area contributed by atoms with Crippen molar-refractivity contribution in [2.75, 3.05) is 13.1 Å². The summed E-state index contributed by atoms with van der Waals surface area (Å²) in [5.41, 5.74) is 5.84. The molecule has 96 valence electrons. The van der Waals surface area contributed by atoms with E-state index >= 15 is 0 Å². The van der Waals surface area contributed by atoms with Gasteiger partial charge in [-0.3, -0.25) is 0 Å². The molecule has 1 saturated heterocycles. The van der Waals surface area contributed by atoms with Crippen LogP contribution in [0.15, 0.2) is 17.6 Å². The van der Waals surface area contributed by atoms with Crippen molar-refractivity contribution in [1.82, 2.24) is 13.9 Å². The van der Waals surface area contributed by atoms with Crippen molar-refractivity contribution in [2.24, 2.45) is 12.8 Å². The molecule has 1 fully saturated rings. The average molecular weight is 258 g/mol. The van der Waals surface area contributed by atoms with Gasteiger partial charge < -0.3 is 10.3 Å². The topological polar surface area (TPSA) is 81.2 Å². The lowest BCUT2D eigenvalue weighted by Gasteiger charge is -2.18. The Bertz CT molecular complexity index is 482. The van der Waals surface area contributed by atoms with E-state index in [0.717, 1.165) is 12.8 Å². The van der Waals surface area contributed by atoms with E-state index < -0.39 is 10.0 Å². The van der Waals surface area contributed by atoms with Gasteiger partial charge in [-0.1, -0.05) is 0 Å². The number of sulfonamides is 1. The molecule has 0 spiro atoms. The molecule has 1 aliphatic heterocycles. The van der Waals surface area contributed by atoms with Crippen LogP contribution in [0.1, 0.15) is 19.3 Å². The first kappa shape index (κ1) is 12.5. The van der Waals surface area contributed by atoms with Crippen LogP contribution in [-0.2, 0) is 17.1 Å². The van der Waals surface area contributed by atoms with E-state index in [0.29, 0.717) is 19.5 Å². The molecule has 2 heterocycles. The van der Waals surface area contributed by atoms with Crippen LogP contribution in [-0.4, -0.2) is 41.4 Å². The van der Waals surface area contributed by atoms with E-state index in [1.807, 2.05) is 0 Å². The molecule has 0 bridgehead atoms. The van der Waals surface area contributed by atoms with Crippen molar-refractivity contribution in [3.63, 3.8) is 0 Å². The maximum atomic E-state index is 12.3. The number of aromatic nitrogens is 2. The number of imidazole rings is 1. The zero-order chi connectivity index (χ0) is 12.5. The van der Waals surface area contributed by atoms with Gasteiger partial charge in [0.05, 0.1) is 6.33 Å². The minimum atomic E-state index is -3.44. The maximum absolute atomic E-state index is 12.3. The highest BCUT2D eigenvalue weighted by molar-refractivity contribution is 7.89. The molecule has 0 saturated carbocycles. The molecule has 1 aromatic rings. The fourth-order valence-corrected chi connectivity index (χ4v) is 3.45. The second-order valence-electron chi connectivity index (χ2n) is 4.47. The zero-order valence-corrected chi connectivity index (χ0v) is 10.7. The highest BCUT2D eigenvalue weighted by Gasteiger charge is 2.28. The smallest absolute Gasteiger partial charge is 0.262 e. The number of hydrogen-bond donors (Lipinski definition) is 1. The van der Waals surface area contributed by atoms with Crippen molar-refractivity contribution >= 4 is 10.0 Å². The summed E-state index contributed by atoms with van der Waals surface area (Å²) in [6.45, 7) is 1.02. The summed E-state index contributed by atoms with van der Waals surface area (Å²) in [6, 6.07) is 0.110. The van der Waals surface area contributed by atoms with Crippen molar-refractivity contribution in [1.29, 1.82) is 0 Å². The van der Waals surface area contributed by atoms with Gasteiger partial charge in [0.15, 0.2) is 5.03 Å². The van der Waals surface area contributed by atoms with Gasteiger partial charge in [-0.25, -0.2) is 13.4 Å². The van der Waals surface area contributed by atoms with Crippen LogP contribution in [0.5, 0.6) is 0 Å². The normalized spacial score (nSPS) is 23.5. The van der Waals surface area contributed by atoms with E-state index in [2.05, 4.69) is 4.98 Å². The van der Waals surface area contributed by atoms with Crippen LogP contribution >= 0.6 is 0 Å². The Balaban J connectivity index is 2.20. The van der Waals surface area contributed by atoms with Crippen molar-refractivity contribution in [2.45, 2.75) is 30.3 Å². The van der Waals surface area contributed by atoms with Gasteiger partial charge in [-0.15, -0.1) is 0 Å². The summed E-state index contributed by atoms with van der Waals surface area (Å²) in [5, 5.41) is 0.121. The molecule has 0 aromatic carbocycles. The lowest BCUT2D eigenvalue weighted by molar-refractivity contribution is 0.420. The summed E-state index contributed by atoms with van der Waals surface area (Å²) in [4.78, 5) is 3.91. The monoisotopic (exact) mass is 258 g/mol. The molecular formula is C10H18N4O2S. The molecule has 1 atom stereocenters. The van der Waals surface area contributed by atoms with Gasteiger partial charge in [0.1, 0.15) is 0 Å². The highest BCUT2D eigenvalue weighted by atomic mass is 32.2. The second-order valence-corrected chi connectivity index (χ2v) is 6.36. The standard InChI is InChI=1S/C10H18N4O2S/c1-13-7-10(12-8-13)17(15,16)14-5-2-3-9(11)4-6-14/h7-9H,2-6,11H2,1H3. The van der Waals surface area contributed by atoms with E-state index in [-0.39, 0.29) is 11.1 Å². The molecule has 0 radical (unpaired) electrons. The Kier molecular flexibility index (Phi) is 3.50. The Morgan fingerprint density at radius 1 is 1.41 bits per heavy atom. The molecule has 1 aromatic heterocycles. The summed E-state index contributed by atoms with van der Waals surface area (Å²) in [6.07, 6.45) is 5.43. The van der Waals surface area contributed by atoms with E-state index in [1.165, 1.54) is 16.8 Å². The number of nitrogens with two attached hydrogens (primary N) is 1. The molecule has 2 N–H and O–H groups in total. The Morgan fingerprint density at radius 3 is 2.82 bits per heavy atom. The van der Waals surface area contributed by atoms with Gasteiger partial charge in [0, 0.05) is 32.4 Å². The lowest BCUT2D eigenvalue weighted by Crippen LogP contribution is -2.33. The molecule has 1 unspecified atom stereocenters. The fourth-order valence-electron chi connectivity index (χ4n) is 1.99. The lowest BCUT2D eigenvalue weighted by atomic mass is 10.1. The van der Waals surface area contributed by atoms with Gasteiger partial charge in [0.2, 0.25) is 0 Å². The van der Waals surface area contributed by atoms with Crippen LogP contribution in [0.25, 0.3) is 0 Å². The summed E-state index contributed by atoms with van der Waals surface area (Å²) in [5.74, 6) is 0. The van der Waals surface area contributed by atoms with Crippen molar-refractivity contribution in [3.8, 4) is 0 Å². The molecular weight excluding hydrogens is 240 g/mol. The van der Waals surface area contributed by atoms with Crippen LogP contribution in [0.3, 0.4) is 0 Å².